The fourth-order valence-electron chi connectivity index (χ4n) is 3.99. The number of hydrogen-bond acceptors (Lipinski definition) is 6. The lowest BCUT2D eigenvalue weighted by molar-refractivity contribution is 0.242. The lowest BCUT2D eigenvalue weighted by atomic mass is 9.98. The van der Waals surface area contributed by atoms with Gasteiger partial charge < -0.3 is 9.26 Å². The molecular formula is C25H31N3O4S. The molecule has 0 aliphatic carbocycles. The van der Waals surface area contributed by atoms with Crippen molar-refractivity contribution in [2.45, 2.75) is 63.4 Å². The van der Waals surface area contributed by atoms with Crippen molar-refractivity contribution in [2.75, 3.05) is 13.1 Å². The van der Waals surface area contributed by atoms with Crippen LogP contribution in [0.2, 0.25) is 0 Å². The fraction of sp³-hybridized carbons (Fsp3) is 0.440. The smallest absolute Gasteiger partial charge is 0.243 e. The largest absolute Gasteiger partial charge is 0.491 e. The lowest BCUT2D eigenvalue weighted by Gasteiger charge is -2.29. The van der Waals surface area contributed by atoms with E-state index in [9.17, 15) is 8.42 Å². The highest BCUT2D eigenvalue weighted by Crippen LogP contribution is 2.31. The van der Waals surface area contributed by atoms with Crippen molar-refractivity contribution in [2.24, 2.45) is 0 Å². The fourth-order valence-corrected chi connectivity index (χ4v) is 5.46. The standard InChI is InChI=1S/C25H31N3O4S/c1-17(2)19-7-11-23(12-8-19)33(29,30)28-15-13-21(14-16-28)25-26-24(27-32-25)20-5-9-22(10-6-20)31-18(3)4/h5-12,17-18,21H,13-16H2,1-4H3. The molecule has 8 heteroatoms. The summed E-state index contributed by atoms with van der Waals surface area (Å²) in [5, 5.41) is 4.13. The van der Waals surface area contributed by atoms with E-state index < -0.39 is 10.0 Å². The van der Waals surface area contributed by atoms with Crippen LogP contribution in [0.25, 0.3) is 11.4 Å². The van der Waals surface area contributed by atoms with Crippen LogP contribution in [0.5, 0.6) is 5.75 Å². The van der Waals surface area contributed by atoms with Crippen LogP contribution in [-0.4, -0.2) is 42.1 Å². The average Bonchev–Trinajstić information content (AvgIpc) is 3.30. The summed E-state index contributed by atoms with van der Waals surface area (Å²) in [6, 6.07) is 14.8. The molecule has 0 spiro atoms. The molecule has 3 aromatic rings. The molecule has 1 aromatic heterocycles. The molecule has 0 N–H and O–H groups in total. The molecule has 176 valence electrons. The third-order valence-corrected chi connectivity index (χ3v) is 7.83. The third kappa shape index (κ3) is 5.28. The summed E-state index contributed by atoms with van der Waals surface area (Å²) in [5.74, 6) is 2.30. The zero-order chi connectivity index (χ0) is 23.6. The zero-order valence-electron chi connectivity index (χ0n) is 19.6. The summed E-state index contributed by atoms with van der Waals surface area (Å²) >= 11 is 0. The van der Waals surface area contributed by atoms with E-state index in [1.807, 2.05) is 50.2 Å². The molecule has 1 aliphatic rings. The molecule has 7 nitrogen and oxygen atoms in total. The van der Waals surface area contributed by atoms with Crippen molar-refractivity contribution >= 4 is 10.0 Å². The Morgan fingerprint density at radius 2 is 1.61 bits per heavy atom. The Balaban J connectivity index is 1.39. The predicted molar refractivity (Wildman–Crippen MR) is 127 cm³/mol. The van der Waals surface area contributed by atoms with Crippen molar-refractivity contribution in [3.63, 3.8) is 0 Å². The number of hydrogen-bond donors (Lipinski definition) is 0. The quantitative estimate of drug-likeness (QED) is 0.472. The van der Waals surface area contributed by atoms with Gasteiger partial charge in [-0.05, 0) is 74.6 Å². The van der Waals surface area contributed by atoms with Crippen LogP contribution in [-0.2, 0) is 10.0 Å². The maximum Gasteiger partial charge on any atom is 0.243 e. The summed E-state index contributed by atoms with van der Waals surface area (Å²) in [6.07, 6.45) is 1.40. The van der Waals surface area contributed by atoms with Crippen LogP contribution in [0.3, 0.4) is 0 Å². The Morgan fingerprint density at radius 1 is 0.970 bits per heavy atom. The van der Waals surface area contributed by atoms with E-state index in [1.165, 1.54) is 0 Å². The first-order valence-electron chi connectivity index (χ1n) is 11.4. The summed E-state index contributed by atoms with van der Waals surface area (Å²) in [6.45, 7) is 9.01. The Hall–Kier alpha value is -2.71. The van der Waals surface area contributed by atoms with E-state index in [2.05, 4.69) is 24.0 Å². The number of ether oxygens (including phenoxy) is 1. The van der Waals surface area contributed by atoms with Crippen LogP contribution < -0.4 is 4.74 Å². The normalized spacial score (nSPS) is 15.9. The van der Waals surface area contributed by atoms with E-state index in [0.29, 0.717) is 48.5 Å². The van der Waals surface area contributed by atoms with E-state index in [4.69, 9.17) is 9.26 Å². The minimum Gasteiger partial charge on any atom is -0.491 e. The Morgan fingerprint density at radius 3 is 2.18 bits per heavy atom. The molecule has 0 amide bonds. The summed E-state index contributed by atoms with van der Waals surface area (Å²) in [5.41, 5.74) is 1.98. The van der Waals surface area contributed by atoms with Crippen molar-refractivity contribution in [3.05, 3.63) is 60.0 Å². The second-order valence-corrected chi connectivity index (χ2v) is 11.0. The van der Waals surface area contributed by atoms with Crippen molar-refractivity contribution < 1.29 is 17.7 Å². The maximum atomic E-state index is 13.1. The number of benzene rings is 2. The maximum absolute atomic E-state index is 13.1. The highest BCUT2D eigenvalue weighted by atomic mass is 32.2. The highest BCUT2D eigenvalue weighted by molar-refractivity contribution is 7.89. The van der Waals surface area contributed by atoms with Gasteiger partial charge in [-0.15, -0.1) is 0 Å². The minimum absolute atomic E-state index is 0.0459. The first kappa shape index (κ1) is 23.4. The molecule has 1 fully saturated rings. The molecule has 0 atom stereocenters. The topological polar surface area (TPSA) is 85.5 Å². The first-order chi connectivity index (χ1) is 15.7. The van der Waals surface area contributed by atoms with Gasteiger partial charge in [-0.2, -0.15) is 9.29 Å². The highest BCUT2D eigenvalue weighted by Gasteiger charge is 2.32. The number of aromatic nitrogens is 2. The molecule has 33 heavy (non-hydrogen) atoms. The molecule has 1 saturated heterocycles. The zero-order valence-corrected chi connectivity index (χ0v) is 20.4. The number of piperidine rings is 1. The lowest BCUT2D eigenvalue weighted by Crippen LogP contribution is -2.37. The molecule has 4 rings (SSSR count). The van der Waals surface area contributed by atoms with Crippen molar-refractivity contribution in [1.29, 1.82) is 0 Å². The average molecular weight is 470 g/mol. The van der Waals surface area contributed by atoms with Gasteiger partial charge in [0, 0.05) is 24.6 Å². The van der Waals surface area contributed by atoms with E-state index in [-0.39, 0.29) is 12.0 Å². The molecule has 2 heterocycles. The van der Waals surface area contributed by atoms with Gasteiger partial charge in [-0.3, -0.25) is 0 Å². The van der Waals surface area contributed by atoms with Gasteiger partial charge in [-0.1, -0.05) is 31.1 Å². The van der Waals surface area contributed by atoms with Crippen molar-refractivity contribution in [3.8, 4) is 17.1 Å². The Labute approximate surface area is 195 Å². The van der Waals surface area contributed by atoms with E-state index in [1.54, 1.807) is 16.4 Å². The van der Waals surface area contributed by atoms with Crippen LogP contribution in [0.4, 0.5) is 0 Å². The SMILES string of the molecule is CC(C)Oc1ccc(-c2noc(C3CCN(S(=O)(=O)c4ccc(C(C)C)cc4)CC3)n2)cc1. The van der Waals surface area contributed by atoms with Crippen LogP contribution >= 0.6 is 0 Å². The van der Waals surface area contributed by atoms with Gasteiger partial charge in [0.05, 0.1) is 11.0 Å². The molecular weight excluding hydrogens is 438 g/mol. The first-order valence-corrected chi connectivity index (χ1v) is 12.9. The van der Waals surface area contributed by atoms with Crippen LogP contribution in [0, 0.1) is 0 Å². The molecule has 2 aromatic carbocycles. The van der Waals surface area contributed by atoms with Gasteiger partial charge in [0.25, 0.3) is 0 Å². The third-order valence-electron chi connectivity index (χ3n) is 5.91. The number of sulfonamides is 1. The van der Waals surface area contributed by atoms with Gasteiger partial charge >= 0.3 is 0 Å². The second kappa shape index (κ2) is 9.65. The monoisotopic (exact) mass is 469 g/mol. The van der Waals surface area contributed by atoms with E-state index >= 15 is 0 Å². The molecule has 0 unspecified atom stereocenters. The van der Waals surface area contributed by atoms with Crippen LogP contribution in [0.15, 0.2) is 57.9 Å². The van der Waals surface area contributed by atoms with Crippen molar-refractivity contribution in [1.82, 2.24) is 14.4 Å². The molecule has 0 radical (unpaired) electrons. The summed E-state index contributed by atoms with van der Waals surface area (Å²) in [7, 11) is -3.51. The van der Waals surface area contributed by atoms with Gasteiger partial charge in [0.2, 0.25) is 21.7 Å². The van der Waals surface area contributed by atoms with Crippen LogP contribution in [0.1, 0.15) is 63.8 Å². The van der Waals surface area contributed by atoms with Gasteiger partial charge in [0.15, 0.2) is 0 Å². The second-order valence-electron chi connectivity index (χ2n) is 9.05. The number of nitrogens with zero attached hydrogens (tertiary/aromatic N) is 3. The van der Waals surface area contributed by atoms with Gasteiger partial charge in [-0.25, -0.2) is 8.42 Å². The summed E-state index contributed by atoms with van der Waals surface area (Å²) in [4.78, 5) is 4.92. The Bertz CT molecular complexity index is 1160. The Kier molecular flexibility index (Phi) is 6.86. The molecule has 0 saturated carbocycles. The molecule has 1 aliphatic heterocycles. The van der Waals surface area contributed by atoms with E-state index in [0.717, 1.165) is 16.9 Å². The minimum atomic E-state index is -3.51. The summed E-state index contributed by atoms with van der Waals surface area (Å²) < 4.78 is 38.9. The van der Waals surface area contributed by atoms with Gasteiger partial charge in [0.1, 0.15) is 5.75 Å². The number of rotatable bonds is 7. The molecule has 0 bridgehead atoms. The predicted octanol–water partition coefficient (Wildman–Crippen LogP) is 5.22.